The number of hydrogen-bond donors (Lipinski definition) is 1. The third kappa shape index (κ3) is 2.57. The average Bonchev–Trinajstić information content (AvgIpc) is 2.88. The molecule has 2 heterocycles. The lowest BCUT2D eigenvalue weighted by atomic mass is 10.00. The maximum absolute atomic E-state index is 12.3. The van der Waals surface area contributed by atoms with Crippen LogP contribution in [-0.4, -0.2) is 47.1 Å². The molecule has 1 aliphatic heterocycles. The second-order valence-corrected chi connectivity index (χ2v) is 6.46. The summed E-state index contributed by atoms with van der Waals surface area (Å²) in [4.78, 5) is 3.96. The summed E-state index contributed by atoms with van der Waals surface area (Å²) in [5.74, 6) is 0.227. The first-order valence-electron chi connectivity index (χ1n) is 6.20. The zero-order chi connectivity index (χ0) is 13.2. The number of rotatable bonds is 4. The van der Waals surface area contributed by atoms with Crippen LogP contribution in [0.3, 0.4) is 0 Å². The second-order valence-electron chi connectivity index (χ2n) is 4.57. The molecule has 1 aromatic heterocycles. The van der Waals surface area contributed by atoms with Gasteiger partial charge in [-0.25, -0.2) is 13.4 Å². The number of hydrogen-bond acceptors (Lipinski definition) is 4. The zero-order valence-corrected chi connectivity index (χ0v) is 11.3. The van der Waals surface area contributed by atoms with Gasteiger partial charge in [-0.3, -0.25) is 0 Å². The number of piperidine rings is 1. The van der Waals surface area contributed by atoms with Gasteiger partial charge in [-0.2, -0.15) is 4.31 Å². The highest BCUT2D eigenvalue weighted by atomic mass is 32.2. The lowest BCUT2D eigenvalue weighted by Crippen LogP contribution is -2.39. The number of aliphatic hydroxyl groups excluding tert-OH is 1. The quantitative estimate of drug-likeness (QED) is 0.856. The third-order valence-corrected chi connectivity index (χ3v) is 5.19. The van der Waals surface area contributed by atoms with Gasteiger partial charge in [-0.05, 0) is 25.7 Å². The van der Waals surface area contributed by atoms with Gasteiger partial charge < -0.3 is 9.67 Å². The van der Waals surface area contributed by atoms with E-state index in [-0.39, 0.29) is 17.6 Å². The highest BCUT2D eigenvalue weighted by Crippen LogP contribution is 2.22. The zero-order valence-electron chi connectivity index (χ0n) is 10.5. The Hall–Kier alpha value is -0.920. The van der Waals surface area contributed by atoms with E-state index in [0.717, 1.165) is 0 Å². The number of aliphatic hydroxyl groups is 1. The second kappa shape index (κ2) is 5.38. The van der Waals surface area contributed by atoms with Gasteiger partial charge in [-0.15, -0.1) is 0 Å². The predicted octanol–water partition coefficient (Wildman–Crippen LogP) is 0.296. The van der Waals surface area contributed by atoms with E-state index in [9.17, 15) is 8.42 Å². The van der Waals surface area contributed by atoms with E-state index >= 15 is 0 Å². The summed E-state index contributed by atoms with van der Waals surface area (Å²) in [5, 5.41) is 9.17. The van der Waals surface area contributed by atoms with Gasteiger partial charge in [0.05, 0.1) is 6.33 Å². The SMILES string of the molecule is CCn1cnc(S(=O)(=O)N2CCC(CO)CC2)c1. The maximum Gasteiger partial charge on any atom is 0.262 e. The monoisotopic (exact) mass is 273 g/mol. The van der Waals surface area contributed by atoms with Crippen LogP contribution in [0.1, 0.15) is 19.8 Å². The Morgan fingerprint density at radius 1 is 1.44 bits per heavy atom. The highest BCUT2D eigenvalue weighted by Gasteiger charge is 2.30. The molecule has 1 N–H and O–H groups in total. The Balaban J connectivity index is 2.12. The van der Waals surface area contributed by atoms with Gasteiger partial charge in [0.15, 0.2) is 5.03 Å². The molecule has 1 aromatic rings. The molecule has 0 atom stereocenters. The van der Waals surface area contributed by atoms with Crippen molar-refractivity contribution < 1.29 is 13.5 Å². The van der Waals surface area contributed by atoms with Gasteiger partial charge in [0, 0.05) is 32.4 Å². The summed E-state index contributed by atoms with van der Waals surface area (Å²) in [6.07, 6.45) is 4.52. The van der Waals surface area contributed by atoms with E-state index in [0.29, 0.717) is 32.5 Å². The average molecular weight is 273 g/mol. The van der Waals surface area contributed by atoms with Crippen molar-refractivity contribution >= 4 is 10.0 Å². The van der Waals surface area contributed by atoms with Crippen LogP contribution in [-0.2, 0) is 16.6 Å². The lowest BCUT2D eigenvalue weighted by molar-refractivity contribution is 0.170. The van der Waals surface area contributed by atoms with Gasteiger partial charge in [0.2, 0.25) is 0 Å². The smallest absolute Gasteiger partial charge is 0.262 e. The van der Waals surface area contributed by atoms with Gasteiger partial charge in [-0.1, -0.05) is 0 Å². The molecule has 0 aliphatic carbocycles. The molecular weight excluding hydrogens is 254 g/mol. The normalized spacial score (nSPS) is 19.2. The van der Waals surface area contributed by atoms with E-state index < -0.39 is 10.0 Å². The minimum atomic E-state index is -3.46. The summed E-state index contributed by atoms with van der Waals surface area (Å²) in [7, 11) is -3.46. The van der Waals surface area contributed by atoms with Crippen molar-refractivity contribution in [3.8, 4) is 0 Å². The Morgan fingerprint density at radius 2 is 2.11 bits per heavy atom. The number of sulfonamides is 1. The van der Waals surface area contributed by atoms with E-state index in [1.165, 1.54) is 10.6 Å². The molecule has 0 amide bonds. The molecule has 0 saturated carbocycles. The Labute approximate surface area is 107 Å². The first-order valence-corrected chi connectivity index (χ1v) is 7.64. The van der Waals surface area contributed by atoms with Crippen LogP contribution >= 0.6 is 0 Å². The largest absolute Gasteiger partial charge is 0.396 e. The summed E-state index contributed by atoms with van der Waals surface area (Å²) >= 11 is 0. The molecule has 1 aliphatic rings. The number of imidazole rings is 1. The molecule has 0 unspecified atom stereocenters. The standard InChI is InChI=1S/C11H19N3O3S/c1-2-13-7-11(12-9-13)18(16,17)14-5-3-10(8-15)4-6-14/h7,9-10,15H,2-6,8H2,1H3. The van der Waals surface area contributed by atoms with Crippen LogP contribution < -0.4 is 0 Å². The van der Waals surface area contributed by atoms with Crippen molar-refractivity contribution in [2.24, 2.45) is 5.92 Å². The van der Waals surface area contributed by atoms with Gasteiger partial charge in [0.25, 0.3) is 10.0 Å². The van der Waals surface area contributed by atoms with E-state index in [1.807, 2.05) is 6.92 Å². The fraction of sp³-hybridized carbons (Fsp3) is 0.727. The first kappa shape index (κ1) is 13.5. The maximum atomic E-state index is 12.3. The van der Waals surface area contributed by atoms with Crippen LogP contribution in [0.15, 0.2) is 17.6 Å². The van der Waals surface area contributed by atoms with E-state index in [2.05, 4.69) is 4.98 Å². The fourth-order valence-corrected chi connectivity index (χ4v) is 3.52. The molecule has 18 heavy (non-hydrogen) atoms. The number of aryl methyl sites for hydroxylation is 1. The minimum absolute atomic E-state index is 0.117. The summed E-state index contributed by atoms with van der Waals surface area (Å²) in [6.45, 7) is 3.71. The van der Waals surface area contributed by atoms with E-state index in [4.69, 9.17) is 5.11 Å². The minimum Gasteiger partial charge on any atom is -0.396 e. The fourth-order valence-electron chi connectivity index (χ4n) is 2.11. The van der Waals surface area contributed by atoms with E-state index in [1.54, 1.807) is 10.8 Å². The molecule has 2 rings (SSSR count). The summed E-state index contributed by atoms with van der Waals surface area (Å²) in [6, 6.07) is 0. The van der Waals surface area contributed by atoms with Crippen molar-refractivity contribution in [1.29, 1.82) is 0 Å². The van der Waals surface area contributed by atoms with Crippen molar-refractivity contribution in [2.45, 2.75) is 31.3 Å². The summed E-state index contributed by atoms with van der Waals surface area (Å²) < 4.78 is 27.8. The van der Waals surface area contributed by atoms with Crippen LogP contribution in [0.4, 0.5) is 0 Å². The molecule has 0 spiro atoms. The van der Waals surface area contributed by atoms with Gasteiger partial charge in [0.1, 0.15) is 0 Å². The van der Waals surface area contributed by atoms with Gasteiger partial charge >= 0.3 is 0 Å². The van der Waals surface area contributed by atoms with Crippen molar-refractivity contribution in [3.63, 3.8) is 0 Å². The predicted molar refractivity (Wildman–Crippen MR) is 66.5 cm³/mol. The lowest BCUT2D eigenvalue weighted by Gasteiger charge is -2.29. The molecular formula is C11H19N3O3S. The molecule has 1 saturated heterocycles. The molecule has 0 bridgehead atoms. The van der Waals surface area contributed by atoms with Crippen LogP contribution in [0, 0.1) is 5.92 Å². The topological polar surface area (TPSA) is 75.4 Å². The van der Waals surface area contributed by atoms with Crippen LogP contribution in [0.2, 0.25) is 0 Å². The Bertz CT molecular complexity index is 489. The van der Waals surface area contributed by atoms with Crippen LogP contribution in [0.25, 0.3) is 0 Å². The van der Waals surface area contributed by atoms with Crippen molar-refractivity contribution in [1.82, 2.24) is 13.9 Å². The molecule has 0 aromatic carbocycles. The Kier molecular flexibility index (Phi) is 4.04. The van der Waals surface area contributed by atoms with Crippen LogP contribution in [0.5, 0.6) is 0 Å². The van der Waals surface area contributed by atoms with Crippen molar-refractivity contribution in [2.75, 3.05) is 19.7 Å². The number of aromatic nitrogens is 2. The molecule has 0 radical (unpaired) electrons. The van der Waals surface area contributed by atoms with Crippen molar-refractivity contribution in [3.05, 3.63) is 12.5 Å². The third-order valence-electron chi connectivity index (χ3n) is 3.41. The highest BCUT2D eigenvalue weighted by molar-refractivity contribution is 7.89. The molecule has 1 fully saturated rings. The molecule has 6 nitrogen and oxygen atoms in total. The molecule has 102 valence electrons. The molecule has 7 heteroatoms. The Morgan fingerprint density at radius 3 is 2.61 bits per heavy atom. The number of nitrogens with zero attached hydrogens (tertiary/aromatic N) is 3. The summed E-state index contributed by atoms with van der Waals surface area (Å²) in [5.41, 5.74) is 0. The first-order chi connectivity index (χ1) is 8.57.